The normalized spacial score (nSPS) is 16.4. The molecule has 8 rings (SSSR count). The van der Waals surface area contributed by atoms with E-state index < -0.39 is 5.41 Å². The van der Waals surface area contributed by atoms with E-state index in [0.29, 0.717) is 11.6 Å². The smallest absolute Gasteiger partial charge is 0.163 e. The number of aromatic nitrogens is 3. The molecule has 1 unspecified atom stereocenters. The van der Waals surface area contributed by atoms with Crippen molar-refractivity contribution >= 4 is 0 Å². The highest BCUT2D eigenvalue weighted by molar-refractivity contribution is 5.94. The molecule has 4 nitrogen and oxygen atoms in total. The SMILES string of the molecule is c1ccc(-c2ncnc(-c3ccc4c(c3)C3(c5ccccc5-4)c4ccccc4-c4ccoc43)n2)cc1. The summed E-state index contributed by atoms with van der Waals surface area (Å²) >= 11 is 0. The van der Waals surface area contributed by atoms with E-state index in [9.17, 15) is 0 Å². The Labute approximate surface area is 208 Å². The zero-order valence-corrected chi connectivity index (χ0v) is 19.2. The first-order valence-corrected chi connectivity index (χ1v) is 12.0. The number of hydrogen-bond donors (Lipinski definition) is 0. The van der Waals surface area contributed by atoms with Crippen LogP contribution in [0.15, 0.2) is 120 Å². The quantitative estimate of drug-likeness (QED) is 0.274. The van der Waals surface area contributed by atoms with Gasteiger partial charge in [-0.05, 0) is 45.5 Å². The van der Waals surface area contributed by atoms with Crippen molar-refractivity contribution < 1.29 is 4.42 Å². The van der Waals surface area contributed by atoms with Gasteiger partial charge in [-0.2, -0.15) is 0 Å². The molecule has 1 spiro atoms. The molecule has 0 saturated heterocycles. The summed E-state index contributed by atoms with van der Waals surface area (Å²) in [6.07, 6.45) is 3.41. The van der Waals surface area contributed by atoms with Crippen LogP contribution in [-0.4, -0.2) is 15.0 Å². The van der Waals surface area contributed by atoms with E-state index in [1.807, 2.05) is 36.6 Å². The van der Waals surface area contributed by atoms with Crippen molar-refractivity contribution in [2.24, 2.45) is 0 Å². The van der Waals surface area contributed by atoms with E-state index in [2.05, 4.69) is 82.8 Å². The topological polar surface area (TPSA) is 51.8 Å². The molecule has 1 atom stereocenters. The third-order valence-corrected chi connectivity index (χ3v) is 7.53. The van der Waals surface area contributed by atoms with Gasteiger partial charge in [-0.15, -0.1) is 0 Å². The van der Waals surface area contributed by atoms with Crippen molar-refractivity contribution in [3.8, 4) is 45.0 Å². The number of furan rings is 1. The summed E-state index contributed by atoms with van der Waals surface area (Å²) in [5.74, 6) is 2.30. The number of rotatable bonds is 2. The van der Waals surface area contributed by atoms with Crippen molar-refractivity contribution in [1.82, 2.24) is 15.0 Å². The van der Waals surface area contributed by atoms with Crippen LogP contribution in [0.2, 0.25) is 0 Å². The Morgan fingerprint density at radius 2 is 1.17 bits per heavy atom. The minimum Gasteiger partial charge on any atom is -0.467 e. The minimum atomic E-state index is -0.507. The first-order valence-electron chi connectivity index (χ1n) is 12.0. The highest BCUT2D eigenvalue weighted by Gasteiger charge is 2.54. The van der Waals surface area contributed by atoms with Gasteiger partial charge in [0.15, 0.2) is 11.6 Å². The molecule has 6 aromatic rings. The van der Waals surface area contributed by atoms with Gasteiger partial charge in [0.05, 0.1) is 6.26 Å². The Hall–Kier alpha value is -4.83. The molecular weight excluding hydrogens is 442 g/mol. The lowest BCUT2D eigenvalue weighted by Gasteiger charge is -2.28. The maximum atomic E-state index is 6.29. The van der Waals surface area contributed by atoms with E-state index in [1.165, 1.54) is 33.4 Å². The molecule has 0 fully saturated rings. The predicted molar refractivity (Wildman–Crippen MR) is 139 cm³/mol. The zero-order chi connectivity index (χ0) is 23.7. The summed E-state index contributed by atoms with van der Waals surface area (Å²) < 4.78 is 6.29. The lowest BCUT2D eigenvalue weighted by molar-refractivity contribution is 0.474. The molecular formula is C32H19N3O. The van der Waals surface area contributed by atoms with Crippen LogP contribution in [0.25, 0.3) is 45.0 Å². The van der Waals surface area contributed by atoms with Crippen LogP contribution in [0.3, 0.4) is 0 Å². The fourth-order valence-corrected chi connectivity index (χ4v) is 6.09. The third kappa shape index (κ3) is 2.40. The third-order valence-electron chi connectivity index (χ3n) is 7.53. The molecule has 2 heterocycles. The molecule has 0 radical (unpaired) electrons. The zero-order valence-electron chi connectivity index (χ0n) is 19.2. The highest BCUT2D eigenvalue weighted by Crippen LogP contribution is 2.63. The van der Waals surface area contributed by atoms with Gasteiger partial charge in [0.25, 0.3) is 0 Å². The van der Waals surface area contributed by atoms with E-state index in [0.717, 1.165) is 22.5 Å². The fourth-order valence-electron chi connectivity index (χ4n) is 6.09. The molecule has 168 valence electrons. The summed E-state index contributed by atoms with van der Waals surface area (Å²) in [6, 6.07) is 36.0. The second-order valence-corrected chi connectivity index (χ2v) is 9.26. The summed E-state index contributed by atoms with van der Waals surface area (Å²) in [6.45, 7) is 0. The average Bonchev–Trinajstić information content (AvgIpc) is 3.62. The molecule has 0 bridgehead atoms. The summed E-state index contributed by atoms with van der Waals surface area (Å²) in [5.41, 5.74) is 9.95. The van der Waals surface area contributed by atoms with Gasteiger partial charge in [-0.3, -0.25) is 0 Å². The van der Waals surface area contributed by atoms with Crippen LogP contribution in [0, 0.1) is 0 Å². The lowest BCUT2D eigenvalue weighted by Crippen LogP contribution is -2.25. The average molecular weight is 462 g/mol. The van der Waals surface area contributed by atoms with Crippen molar-refractivity contribution in [2.45, 2.75) is 5.41 Å². The molecule has 2 aliphatic carbocycles. The van der Waals surface area contributed by atoms with E-state index in [-0.39, 0.29) is 0 Å². The Balaban J connectivity index is 1.40. The molecule has 0 N–H and O–H groups in total. The van der Waals surface area contributed by atoms with Crippen molar-refractivity contribution in [3.05, 3.63) is 138 Å². The molecule has 0 saturated carbocycles. The number of benzene rings is 4. The summed E-state index contributed by atoms with van der Waals surface area (Å²) in [5, 5.41) is 0. The van der Waals surface area contributed by atoms with Gasteiger partial charge in [0.2, 0.25) is 0 Å². The van der Waals surface area contributed by atoms with Gasteiger partial charge < -0.3 is 4.42 Å². The maximum Gasteiger partial charge on any atom is 0.163 e. The van der Waals surface area contributed by atoms with Crippen LogP contribution >= 0.6 is 0 Å². The molecule has 2 aliphatic rings. The Kier molecular flexibility index (Phi) is 3.84. The molecule has 0 amide bonds. The van der Waals surface area contributed by atoms with E-state index >= 15 is 0 Å². The van der Waals surface area contributed by atoms with E-state index in [1.54, 1.807) is 6.33 Å². The fraction of sp³-hybridized carbons (Fsp3) is 0.0312. The van der Waals surface area contributed by atoms with Gasteiger partial charge >= 0.3 is 0 Å². The van der Waals surface area contributed by atoms with Crippen LogP contribution in [0.4, 0.5) is 0 Å². The standard InChI is InChI=1S/C32H19N3O/c1-2-8-20(9-3-1)30-33-19-34-31(35-30)21-14-15-24-22-10-4-6-12-26(22)32(28(24)18-21)27-13-7-5-11-23(27)25-16-17-36-29(25)32/h1-19H. The Bertz CT molecular complexity index is 1800. The van der Waals surface area contributed by atoms with Crippen molar-refractivity contribution in [2.75, 3.05) is 0 Å². The number of nitrogens with zero attached hydrogens (tertiary/aromatic N) is 3. The van der Waals surface area contributed by atoms with Gasteiger partial charge in [0, 0.05) is 16.7 Å². The molecule has 0 aliphatic heterocycles. The Morgan fingerprint density at radius 3 is 1.94 bits per heavy atom. The highest BCUT2D eigenvalue weighted by atomic mass is 16.3. The summed E-state index contributed by atoms with van der Waals surface area (Å²) in [4.78, 5) is 13.8. The molecule has 4 aromatic carbocycles. The molecule has 2 aromatic heterocycles. The van der Waals surface area contributed by atoms with Crippen LogP contribution in [-0.2, 0) is 5.41 Å². The van der Waals surface area contributed by atoms with Gasteiger partial charge in [-0.1, -0.05) is 91.0 Å². The largest absolute Gasteiger partial charge is 0.467 e. The van der Waals surface area contributed by atoms with Gasteiger partial charge in [0.1, 0.15) is 17.5 Å². The molecule has 4 heteroatoms. The second-order valence-electron chi connectivity index (χ2n) is 9.26. The summed E-state index contributed by atoms with van der Waals surface area (Å²) in [7, 11) is 0. The predicted octanol–water partition coefficient (Wildman–Crippen LogP) is 7.14. The monoisotopic (exact) mass is 461 g/mol. The first kappa shape index (κ1) is 19.5. The maximum absolute atomic E-state index is 6.29. The van der Waals surface area contributed by atoms with Crippen LogP contribution < -0.4 is 0 Å². The molecule has 36 heavy (non-hydrogen) atoms. The van der Waals surface area contributed by atoms with Crippen LogP contribution in [0.5, 0.6) is 0 Å². The Morgan fingerprint density at radius 1 is 0.528 bits per heavy atom. The first-order chi connectivity index (χ1) is 17.9. The van der Waals surface area contributed by atoms with Crippen LogP contribution in [0.1, 0.15) is 22.5 Å². The number of fused-ring (bicyclic) bond motifs is 10. The van der Waals surface area contributed by atoms with Crippen molar-refractivity contribution in [1.29, 1.82) is 0 Å². The lowest BCUT2D eigenvalue weighted by atomic mass is 9.73. The van der Waals surface area contributed by atoms with Gasteiger partial charge in [-0.25, -0.2) is 15.0 Å². The van der Waals surface area contributed by atoms with E-state index in [4.69, 9.17) is 9.40 Å². The second kappa shape index (κ2) is 7.09. The minimum absolute atomic E-state index is 0.507. The van der Waals surface area contributed by atoms with Crippen molar-refractivity contribution in [3.63, 3.8) is 0 Å². The number of hydrogen-bond acceptors (Lipinski definition) is 4.